The standard InChI is InChI=1S/C17H13F3N4O3S/c1-12(25)24(28(26,27)14-7-3-2-4-8-14)23-11-15(17(18,19)20)22-16(23)13-6-5-9-21-10-13/h2-11H,1H3. The van der Waals surface area contributed by atoms with Crippen LogP contribution in [0.4, 0.5) is 13.2 Å². The Kier molecular flexibility index (Phi) is 4.94. The Morgan fingerprint density at radius 2 is 1.79 bits per heavy atom. The smallest absolute Gasteiger partial charge is 0.272 e. The highest BCUT2D eigenvalue weighted by Gasteiger charge is 2.38. The summed E-state index contributed by atoms with van der Waals surface area (Å²) in [5.41, 5.74) is -1.24. The van der Waals surface area contributed by atoms with Crippen molar-refractivity contribution in [2.75, 3.05) is 4.41 Å². The van der Waals surface area contributed by atoms with E-state index in [9.17, 15) is 26.4 Å². The monoisotopic (exact) mass is 410 g/mol. The summed E-state index contributed by atoms with van der Waals surface area (Å²) >= 11 is 0. The summed E-state index contributed by atoms with van der Waals surface area (Å²) in [7, 11) is -4.50. The molecule has 146 valence electrons. The van der Waals surface area contributed by atoms with Crippen LogP contribution in [0.5, 0.6) is 0 Å². The molecule has 0 bridgehead atoms. The van der Waals surface area contributed by atoms with E-state index in [4.69, 9.17) is 0 Å². The number of hydrogen-bond acceptors (Lipinski definition) is 5. The van der Waals surface area contributed by atoms with Crippen LogP contribution in [-0.2, 0) is 21.0 Å². The average molecular weight is 410 g/mol. The van der Waals surface area contributed by atoms with E-state index >= 15 is 0 Å². The molecule has 11 heteroatoms. The first-order valence-corrected chi connectivity index (χ1v) is 9.24. The van der Waals surface area contributed by atoms with Gasteiger partial charge in [-0.1, -0.05) is 18.2 Å². The molecule has 0 aliphatic rings. The van der Waals surface area contributed by atoms with E-state index in [1.807, 2.05) is 0 Å². The SMILES string of the molecule is CC(=O)N(n1cc(C(F)(F)F)nc1-c1cccnc1)S(=O)(=O)c1ccccc1. The van der Waals surface area contributed by atoms with Crippen LogP contribution in [0.2, 0.25) is 0 Å². The van der Waals surface area contributed by atoms with Gasteiger partial charge in [0.2, 0.25) is 0 Å². The molecule has 0 radical (unpaired) electrons. The maximum absolute atomic E-state index is 13.2. The van der Waals surface area contributed by atoms with Crippen molar-refractivity contribution in [3.63, 3.8) is 0 Å². The fourth-order valence-corrected chi connectivity index (χ4v) is 3.86. The molecule has 2 aromatic heterocycles. The largest absolute Gasteiger partial charge is 0.434 e. The second-order valence-electron chi connectivity index (χ2n) is 5.61. The van der Waals surface area contributed by atoms with Crippen LogP contribution in [0.15, 0.2) is 66.0 Å². The number of carbonyl (C=O) groups excluding carboxylic acids is 1. The molecule has 0 N–H and O–H groups in total. The molecule has 1 aromatic carbocycles. The van der Waals surface area contributed by atoms with Gasteiger partial charge in [0.15, 0.2) is 11.5 Å². The number of rotatable bonds is 4. The summed E-state index contributed by atoms with van der Waals surface area (Å²) in [4.78, 5) is 19.3. The van der Waals surface area contributed by atoms with Crippen molar-refractivity contribution in [2.24, 2.45) is 0 Å². The molecule has 0 unspecified atom stereocenters. The molecule has 0 aliphatic carbocycles. The van der Waals surface area contributed by atoms with Crippen molar-refractivity contribution in [1.82, 2.24) is 14.6 Å². The first-order chi connectivity index (χ1) is 13.1. The van der Waals surface area contributed by atoms with Gasteiger partial charge in [-0.2, -0.15) is 21.6 Å². The van der Waals surface area contributed by atoms with E-state index in [-0.39, 0.29) is 14.9 Å². The molecule has 0 spiro atoms. The van der Waals surface area contributed by atoms with E-state index in [2.05, 4.69) is 9.97 Å². The molecule has 0 saturated carbocycles. The van der Waals surface area contributed by atoms with Crippen molar-refractivity contribution < 1.29 is 26.4 Å². The first-order valence-electron chi connectivity index (χ1n) is 7.80. The van der Waals surface area contributed by atoms with Gasteiger partial charge in [0.1, 0.15) is 0 Å². The van der Waals surface area contributed by atoms with Gasteiger partial charge >= 0.3 is 6.18 Å². The maximum atomic E-state index is 13.2. The predicted octanol–water partition coefficient (Wildman–Crippen LogP) is 2.84. The quantitative estimate of drug-likeness (QED) is 0.660. The van der Waals surface area contributed by atoms with Crippen LogP contribution in [-0.4, -0.2) is 29.0 Å². The zero-order valence-corrected chi connectivity index (χ0v) is 15.1. The average Bonchev–Trinajstić information content (AvgIpc) is 3.08. The molecule has 3 rings (SSSR count). The summed E-state index contributed by atoms with van der Waals surface area (Å²) in [5, 5.41) is 0. The summed E-state index contributed by atoms with van der Waals surface area (Å²) in [5.74, 6) is -1.41. The van der Waals surface area contributed by atoms with Gasteiger partial charge in [0.25, 0.3) is 15.9 Å². The summed E-state index contributed by atoms with van der Waals surface area (Å²) < 4.78 is 66.5. The lowest BCUT2D eigenvalue weighted by Crippen LogP contribution is -2.44. The number of imidazole rings is 1. The molecule has 0 fully saturated rings. The predicted molar refractivity (Wildman–Crippen MR) is 93.0 cm³/mol. The lowest BCUT2D eigenvalue weighted by molar-refractivity contribution is -0.141. The van der Waals surface area contributed by atoms with E-state index in [0.717, 1.165) is 6.92 Å². The number of nitrogens with zero attached hydrogens (tertiary/aromatic N) is 4. The normalized spacial score (nSPS) is 12.0. The number of benzene rings is 1. The van der Waals surface area contributed by atoms with E-state index in [1.165, 1.54) is 48.8 Å². The Labute approximate surface area is 158 Å². The molecular formula is C17H13F3N4O3S. The lowest BCUT2D eigenvalue weighted by atomic mass is 10.3. The molecule has 28 heavy (non-hydrogen) atoms. The van der Waals surface area contributed by atoms with Gasteiger partial charge in [-0.05, 0) is 24.3 Å². The number of aromatic nitrogens is 3. The Hall–Kier alpha value is -3.21. The van der Waals surface area contributed by atoms with Crippen molar-refractivity contribution in [1.29, 1.82) is 0 Å². The fraction of sp³-hybridized carbons (Fsp3) is 0.118. The van der Waals surface area contributed by atoms with Crippen LogP contribution in [0.3, 0.4) is 0 Å². The summed E-state index contributed by atoms with van der Waals surface area (Å²) in [6, 6.07) is 9.75. The third-order valence-corrected chi connectivity index (χ3v) is 5.39. The summed E-state index contributed by atoms with van der Waals surface area (Å²) in [6.45, 7) is 0.931. The van der Waals surface area contributed by atoms with Crippen LogP contribution < -0.4 is 4.41 Å². The molecule has 2 heterocycles. The maximum Gasteiger partial charge on any atom is 0.434 e. The Morgan fingerprint density at radius 1 is 1.11 bits per heavy atom. The minimum absolute atomic E-state index is 0.104. The zero-order valence-electron chi connectivity index (χ0n) is 14.3. The minimum Gasteiger partial charge on any atom is -0.272 e. The Morgan fingerprint density at radius 3 is 2.32 bits per heavy atom. The highest BCUT2D eigenvalue weighted by molar-refractivity contribution is 7.93. The molecule has 7 nitrogen and oxygen atoms in total. The fourth-order valence-electron chi connectivity index (χ4n) is 2.47. The molecular weight excluding hydrogens is 397 g/mol. The van der Waals surface area contributed by atoms with Gasteiger partial charge in [0, 0.05) is 24.9 Å². The molecule has 1 amide bonds. The number of carbonyl (C=O) groups is 1. The summed E-state index contributed by atoms with van der Waals surface area (Å²) in [6.07, 6.45) is -1.78. The van der Waals surface area contributed by atoms with Gasteiger partial charge in [-0.3, -0.25) is 9.78 Å². The Balaban J connectivity index is 2.27. The number of pyridine rings is 1. The number of halogens is 3. The zero-order chi connectivity index (χ0) is 20.5. The van der Waals surface area contributed by atoms with Crippen LogP contribution in [0.25, 0.3) is 11.4 Å². The number of hydrogen-bond donors (Lipinski definition) is 0. The third-order valence-electron chi connectivity index (χ3n) is 3.63. The van der Waals surface area contributed by atoms with Gasteiger partial charge in [0.05, 0.1) is 11.1 Å². The first kappa shape index (κ1) is 19.5. The highest BCUT2D eigenvalue weighted by Crippen LogP contribution is 2.32. The van der Waals surface area contributed by atoms with Crippen LogP contribution in [0, 0.1) is 0 Å². The van der Waals surface area contributed by atoms with Gasteiger partial charge in [-0.25, -0.2) is 9.66 Å². The van der Waals surface area contributed by atoms with Crippen LogP contribution >= 0.6 is 0 Å². The van der Waals surface area contributed by atoms with Crippen molar-refractivity contribution in [3.05, 3.63) is 66.7 Å². The highest BCUT2D eigenvalue weighted by atomic mass is 32.2. The van der Waals surface area contributed by atoms with E-state index in [1.54, 1.807) is 6.07 Å². The number of alkyl halides is 3. The van der Waals surface area contributed by atoms with Crippen molar-refractivity contribution in [2.45, 2.75) is 18.0 Å². The minimum atomic E-state index is -4.85. The molecule has 0 aliphatic heterocycles. The van der Waals surface area contributed by atoms with Gasteiger partial charge < -0.3 is 0 Å². The Bertz CT molecular complexity index is 1100. The van der Waals surface area contributed by atoms with Gasteiger partial charge in [-0.15, -0.1) is 4.41 Å². The van der Waals surface area contributed by atoms with E-state index < -0.39 is 33.6 Å². The second kappa shape index (κ2) is 7.08. The number of sulfonamides is 1. The third kappa shape index (κ3) is 3.60. The second-order valence-corrected chi connectivity index (χ2v) is 7.38. The van der Waals surface area contributed by atoms with Crippen molar-refractivity contribution in [3.8, 4) is 11.4 Å². The van der Waals surface area contributed by atoms with Crippen molar-refractivity contribution >= 4 is 15.9 Å². The van der Waals surface area contributed by atoms with Crippen LogP contribution in [0.1, 0.15) is 12.6 Å². The number of amides is 1. The van der Waals surface area contributed by atoms with E-state index in [0.29, 0.717) is 10.9 Å². The molecule has 3 aromatic rings. The molecule has 0 saturated heterocycles. The molecule has 0 atom stereocenters. The topological polar surface area (TPSA) is 85.2 Å². The lowest BCUT2D eigenvalue weighted by Gasteiger charge is -2.23.